The van der Waals surface area contributed by atoms with Crippen LogP contribution in [0.15, 0.2) is 99.2 Å². The lowest BCUT2D eigenvalue weighted by molar-refractivity contribution is 0.0979. The Labute approximate surface area is 227 Å². The highest BCUT2D eigenvalue weighted by molar-refractivity contribution is 9.10. The second kappa shape index (κ2) is 9.78. The molecule has 9 heteroatoms. The number of sulfone groups is 1. The topological polar surface area (TPSA) is 83.6 Å². The van der Waals surface area contributed by atoms with Gasteiger partial charge in [0.05, 0.1) is 27.6 Å². The predicted octanol–water partition coefficient (Wildman–Crippen LogP) is 6.66. The van der Waals surface area contributed by atoms with Crippen molar-refractivity contribution in [2.75, 3.05) is 10.2 Å². The van der Waals surface area contributed by atoms with E-state index in [1.165, 1.54) is 35.2 Å². The Morgan fingerprint density at radius 1 is 0.946 bits per heavy atom. The average molecular weight is 596 g/mol. The molecule has 1 N–H and O–H groups in total. The summed E-state index contributed by atoms with van der Waals surface area (Å²) in [6.45, 7) is 1.97. The molecule has 0 aliphatic carbocycles. The van der Waals surface area contributed by atoms with E-state index in [1.54, 1.807) is 42.5 Å². The van der Waals surface area contributed by atoms with Gasteiger partial charge in [-0.1, -0.05) is 51.8 Å². The van der Waals surface area contributed by atoms with E-state index in [0.717, 1.165) is 10.0 Å². The number of carbonyl (C=O) groups is 2. The van der Waals surface area contributed by atoms with Crippen LogP contribution in [0.4, 0.5) is 11.4 Å². The van der Waals surface area contributed by atoms with Gasteiger partial charge in [-0.05, 0) is 78.7 Å². The lowest BCUT2D eigenvalue weighted by Crippen LogP contribution is -2.30. The van der Waals surface area contributed by atoms with Gasteiger partial charge in [-0.3, -0.25) is 9.59 Å². The van der Waals surface area contributed by atoms with Crippen LogP contribution >= 0.6 is 27.5 Å². The third-order valence-electron chi connectivity index (χ3n) is 6.10. The summed E-state index contributed by atoms with van der Waals surface area (Å²) in [7, 11) is -4.04. The second-order valence-corrected chi connectivity index (χ2v) is 11.8. The van der Waals surface area contributed by atoms with Gasteiger partial charge in [-0.2, -0.15) is 0 Å². The third-order valence-corrected chi connectivity index (χ3v) is 9.08. The summed E-state index contributed by atoms with van der Waals surface area (Å²) in [5.74, 6) is -0.919. The van der Waals surface area contributed by atoms with Gasteiger partial charge in [-0.25, -0.2) is 8.42 Å². The molecule has 0 saturated carbocycles. The fourth-order valence-corrected chi connectivity index (χ4v) is 6.34. The van der Waals surface area contributed by atoms with Crippen LogP contribution in [-0.4, -0.2) is 20.2 Å². The molecule has 37 heavy (non-hydrogen) atoms. The van der Waals surface area contributed by atoms with Gasteiger partial charge in [0.25, 0.3) is 11.8 Å². The Balaban J connectivity index is 1.63. The second-order valence-electron chi connectivity index (χ2n) is 8.62. The molecule has 0 spiro atoms. The van der Waals surface area contributed by atoms with Crippen LogP contribution < -0.4 is 10.2 Å². The summed E-state index contributed by atoms with van der Waals surface area (Å²) < 4.78 is 28.2. The molecule has 5 rings (SSSR count). The lowest BCUT2D eigenvalue weighted by Gasteiger charge is -2.23. The van der Waals surface area contributed by atoms with Crippen LogP contribution in [0.5, 0.6) is 0 Å². The molecule has 0 saturated heterocycles. The molecule has 0 fully saturated rings. The molecule has 4 aromatic carbocycles. The van der Waals surface area contributed by atoms with Crippen LogP contribution in [0.25, 0.3) is 0 Å². The number of rotatable bonds is 4. The molecule has 6 nitrogen and oxygen atoms in total. The highest BCUT2D eigenvalue weighted by Gasteiger charge is 2.36. The zero-order valence-corrected chi connectivity index (χ0v) is 22.7. The molecule has 4 aromatic rings. The molecule has 186 valence electrons. The number of carbonyl (C=O) groups excluding carboxylic acids is 2. The van der Waals surface area contributed by atoms with Crippen molar-refractivity contribution in [3.63, 3.8) is 0 Å². The van der Waals surface area contributed by atoms with Crippen molar-refractivity contribution in [1.82, 2.24) is 0 Å². The molecular formula is C28H20BrClN2O4S. The minimum Gasteiger partial charge on any atom is -0.322 e. The van der Waals surface area contributed by atoms with E-state index < -0.39 is 21.7 Å². The van der Waals surface area contributed by atoms with Crippen molar-refractivity contribution in [1.29, 1.82) is 0 Å². The Morgan fingerprint density at radius 2 is 1.73 bits per heavy atom. The summed E-state index contributed by atoms with van der Waals surface area (Å²) in [5.41, 5.74) is 2.65. The largest absolute Gasteiger partial charge is 0.322 e. The molecule has 0 bridgehead atoms. The summed E-state index contributed by atoms with van der Waals surface area (Å²) >= 11 is 9.61. The highest BCUT2D eigenvalue weighted by atomic mass is 79.9. The molecule has 0 aromatic heterocycles. The van der Waals surface area contributed by atoms with Crippen molar-refractivity contribution in [2.45, 2.75) is 23.3 Å². The molecular weight excluding hydrogens is 576 g/mol. The molecule has 0 unspecified atom stereocenters. The first kappa shape index (κ1) is 25.2. The zero-order valence-electron chi connectivity index (χ0n) is 19.5. The quantitative estimate of drug-likeness (QED) is 0.286. The Morgan fingerprint density at radius 3 is 2.49 bits per heavy atom. The monoisotopic (exact) mass is 594 g/mol. The van der Waals surface area contributed by atoms with E-state index in [2.05, 4.69) is 21.2 Å². The Kier molecular flexibility index (Phi) is 6.66. The summed E-state index contributed by atoms with van der Waals surface area (Å²) in [5, 5.41) is 3.33. The minimum atomic E-state index is -4.04. The van der Waals surface area contributed by atoms with Gasteiger partial charge in [0.2, 0.25) is 9.84 Å². The summed E-state index contributed by atoms with van der Waals surface area (Å²) in [6.07, 6.45) is 0. The summed E-state index contributed by atoms with van der Waals surface area (Å²) in [4.78, 5) is 28.2. The van der Waals surface area contributed by atoms with Crippen molar-refractivity contribution in [2.24, 2.45) is 0 Å². The fraction of sp³-hybridized carbons (Fsp3) is 0.0714. The van der Waals surface area contributed by atoms with Crippen molar-refractivity contribution < 1.29 is 18.0 Å². The smallest absolute Gasteiger partial charge is 0.259 e. The van der Waals surface area contributed by atoms with E-state index in [-0.39, 0.29) is 33.2 Å². The maximum Gasteiger partial charge on any atom is 0.259 e. The van der Waals surface area contributed by atoms with Crippen molar-refractivity contribution >= 4 is 60.6 Å². The van der Waals surface area contributed by atoms with Crippen LogP contribution in [-0.2, 0) is 16.4 Å². The SMILES string of the molecule is Cc1cc(NC(=O)c2ccc3c(c2)N(Cc2cccc(Cl)c2)C(=O)c2ccccc2S3(=O)=O)ccc1Br. The number of halogens is 2. The van der Waals surface area contributed by atoms with Crippen LogP contribution in [0.3, 0.4) is 0 Å². The number of hydrogen-bond donors (Lipinski definition) is 1. The maximum atomic E-state index is 13.7. The summed E-state index contributed by atoms with van der Waals surface area (Å²) in [6, 6.07) is 22.8. The first-order valence-corrected chi connectivity index (χ1v) is 13.9. The molecule has 0 radical (unpaired) electrons. The number of hydrogen-bond acceptors (Lipinski definition) is 4. The normalized spacial score (nSPS) is 13.9. The highest BCUT2D eigenvalue weighted by Crippen LogP contribution is 2.38. The number of amides is 2. The predicted molar refractivity (Wildman–Crippen MR) is 147 cm³/mol. The number of nitrogens with one attached hydrogen (secondary N) is 1. The Hall–Kier alpha value is -3.46. The molecule has 0 atom stereocenters. The van der Waals surface area contributed by atoms with Crippen LogP contribution in [0, 0.1) is 6.92 Å². The van der Waals surface area contributed by atoms with E-state index in [0.29, 0.717) is 16.3 Å². The van der Waals surface area contributed by atoms with Crippen LogP contribution in [0.2, 0.25) is 5.02 Å². The van der Waals surface area contributed by atoms with Crippen LogP contribution in [0.1, 0.15) is 31.8 Å². The van der Waals surface area contributed by atoms with Crippen molar-refractivity contribution in [3.8, 4) is 0 Å². The van der Waals surface area contributed by atoms with E-state index in [9.17, 15) is 18.0 Å². The minimum absolute atomic E-state index is 0.0520. The molecule has 1 aliphatic rings. The van der Waals surface area contributed by atoms with E-state index >= 15 is 0 Å². The Bertz CT molecular complexity index is 1690. The van der Waals surface area contributed by atoms with Gasteiger partial charge < -0.3 is 10.2 Å². The van der Waals surface area contributed by atoms with Gasteiger partial charge >= 0.3 is 0 Å². The van der Waals surface area contributed by atoms with Crippen molar-refractivity contribution in [3.05, 3.63) is 117 Å². The van der Waals surface area contributed by atoms with Gasteiger partial charge in [0, 0.05) is 20.7 Å². The first-order chi connectivity index (χ1) is 17.6. The third kappa shape index (κ3) is 4.80. The van der Waals surface area contributed by atoms with Gasteiger partial charge in [0.15, 0.2) is 0 Å². The number of fused-ring (bicyclic) bond motifs is 2. The van der Waals surface area contributed by atoms with Gasteiger partial charge in [0.1, 0.15) is 0 Å². The maximum absolute atomic E-state index is 13.7. The number of anilines is 2. The fourth-order valence-electron chi connectivity index (χ4n) is 4.25. The average Bonchev–Trinajstić information content (AvgIpc) is 2.94. The van der Waals surface area contributed by atoms with Gasteiger partial charge in [-0.15, -0.1) is 0 Å². The molecule has 1 heterocycles. The van der Waals surface area contributed by atoms with E-state index in [1.807, 2.05) is 19.1 Å². The number of nitrogens with zero attached hydrogens (tertiary/aromatic N) is 1. The lowest BCUT2D eigenvalue weighted by atomic mass is 10.1. The number of benzene rings is 4. The molecule has 1 aliphatic heterocycles. The first-order valence-electron chi connectivity index (χ1n) is 11.3. The van der Waals surface area contributed by atoms with E-state index in [4.69, 9.17) is 11.6 Å². The number of aryl methyl sites for hydroxylation is 1. The molecule has 2 amide bonds. The zero-order chi connectivity index (χ0) is 26.3. The standard InChI is InChI=1S/C28H20BrClN2O4S/c1-17-13-21(10-11-23(17)29)31-27(33)19-9-12-26-24(15-19)32(16-18-5-4-6-20(30)14-18)28(34)22-7-2-3-8-25(22)37(26,35)36/h2-15H,16H2,1H3,(H,31,33).